The lowest BCUT2D eigenvalue weighted by Gasteiger charge is -2.30. The molecule has 3 aliphatic carbocycles. The highest BCUT2D eigenvalue weighted by Crippen LogP contribution is 2.72. The molecule has 0 radical (unpaired) electrons. The van der Waals surface area contributed by atoms with Crippen molar-refractivity contribution in [2.24, 2.45) is 35.0 Å². The molecule has 6 unspecified atom stereocenters. The van der Waals surface area contributed by atoms with Crippen molar-refractivity contribution in [3.63, 3.8) is 0 Å². The molecular weight excluding hydrogens is 176 g/mol. The van der Waals surface area contributed by atoms with Gasteiger partial charge in [0.2, 0.25) is 0 Å². The van der Waals surface area contributed by atoms with E-state index in [2.05, 4.69) is 6.92 Å². The van der Waals surface area contributed by atoms with Crippen LogP contribution in [-0.2, 0) is 9.59 Å². The number of carbonyl (C=O) groups is 2. The van der Waals surface area contributed by atoms with E-state index in [-0.39, 0.29) is 17.5 Å². The van der Waals surface area contributed by atoms with E-state index in [4.69, 9.17) is 0 Å². The molecule has 3 aliphatic rings. The predicted molar refractivity (Wildman–Crippen MR) is 51.5 cm³/mol. The number of rotatable bonds is 1. The third-order valence-corrected chi connectivity index (χ3v) is 5.16. The molecule has 2 bridgehead atoms. The summed E-state index contributed by atoms with van der Waals surface area (Å²) in [5.41, 5.74) is -0.623. The Labute approximate surface area is 84.1 Å². The Morgan fingerprint density at radius 3 is 2.57 bits per heavy atom. The van der Waals surface area contributed by atoms with Gasteiger partial charge < -0.3 is 0 Å². The van der Waals surface area contributed by atoms with Gasteiger partial charge in [-0.3, -0.25) is 9.59 Å². The van der Waals surface area contributed by atoms with Crippen LogP contribution in [0.5, 0.6) is 0 Å². The smallest absolute Gasteiger partial charge is 0.150 e. The van der Waals surface area contributed by atoms with E-state index in [0.29, 0.717) is 23.7 Å². The molecule has 76 valence electrons. The summed E-state index contributed by atoms with van der Waals surface area (Å²) >= 11 is 0. The van der Waals surface area contributed by atoms with Crippen LogP contribution in [0.3, 0.4) is 0 Å². The molecule has 14 heavy (non-hydrogen) atoms. The fraction of sp³-hybridized carbons (Fsp3) is 0.833. The number of fused-ring (bicyclic) bond motifs is 5. The molecule has 2 nitrogen and oxygen atoms in total. The maximum Gasteiger partial charge on any atom is 0.150 e. The zero-order chi connectivity index (χ0) is 10.2. The number of Topliss-reactive ketones (excluding diaryl/α,β-unsaturated/α-hetero) is 2. The molecule has 6 atom stereocenters. The third-order valence-electron chi connectivity index (χ3n) is 5.16. The van der Waals surface area contributed by atoms with Gasteiger partial charge in [-0.15, -0.1) is 0 Å². The Morgan fingerprint density at radius 2 is 2.07 bits per heavy atom. The Bertz CT molecular complexity index is 346. The lowest BCUT2D eigenvalue weighted by molar-refractivity contribution is -0.141. The highest BCUT2D eigenvalue weighted by molar-refractivity contribution is 6.09. The second kappa shape index (κ2) is 2.12. The van der Waals surface area contributed by atoms with Crippen LogP contribution in [0.15, 0.2) is 0 Å². The van der Waals surface area contributed by atoms with Crippen LogP contribution in [0.2, 0.25) is 0 Å². The van der Waals surface area contributed by atoms with Crippen molar-refractivity contribution in [1.29, 1.82) is 0 Å². The molecule has 0 spiro atoms. The van der Waals surface area contributed by atoms with Crippen LogP contribution in [0.4, 0.5) is 0 Å². The summed E-state index contributed by atoms with van der Waals surface area (Å²) in [5, 5.41) is 0. The van der Waals surface area contributed by atoms with Gasteiger partial charge in [0.1, 0.15) is 11.6 Å². The largest absolute Gasteiger partial charge is 0.299 e. The Kier molecular flexibility index (Phi) is 1.31. The normalized spacial score (nSPS) is 58.8. The van der Waals surface area contributed by atoms with E-state index >= 15 is 0 Å². The van der Waals surface area contributed by atoms with Crippen molar-refractivity contribution in [1.82, 2.24) is 0 Å². The van der Waals surface area contributed by atoms with E-state index in [9.17, 15) is 9.59 Å². The first-order valence-corrected chi connectivity index (χ1v) is 5.55. The molecule has 3 rings (SSSR count). The lowest BCUT2D eigenvalue weighted by atomic mass is 9.70. The van der Waals surface area contributed by atoms with Crippen molar-refractivity contribution in [2.45, 2.75) is 27.2 Å². The Morgan fingerprint density at radius 1 is 1.43 bits per heavy atom. The topological polar surface area (TPSA) is 34.1 Å². The summed E-state index contributed by atoms with van der Waals surface area (Å²) in [7, 11) is 0. The zero-order valence-corrected chi connectivity index (χ0v) is 8.91. The minimum atomic E-state index is -0.623. The van der Waals surface area contributed by atoms with Crippen molar-refractivity contribution in [2.75, 3.05) is 0 Å². The van der Waals surface area contributed by atoms with Crippen LogP contribution < -0.4 is 0 Å². The summed E-state index contributed by atoms with van der Waals surface area (Å²) in [4.78, 5) is 23.8. The second-order valence-electron chi connectivity index (χ2n) is 5.60. The van der Waals surface area contributed by atoms with E-state index < -0.39 is 5.41 Å². The minimum Gasteiger partial charge on any atom is -0.299 e. The maximum atomic E-state index is 12.2. The van der Waals surface area contributed by atoms with Gasteiger partial charge >= 0.3 is 0 Å². The van der Waals surface area contributed by atoms with Crippen molar-refractivity contribution < 1.29 is 9.59 Å². The molecule has 0 heterocycles. The fourth-order valence-electron chi connectivity index (χ4n) is 4.37. The van der Waals surface area contributed by atoms with Crippen molar-refractivity contribution in [3.05, 3.63) is 0 Å². The van der Waals surface area contributed by atoms with Crippen LogP contribution in [-0.4, -0.2) is 11.6 Å². The maximum absolute atomic E-state index is 12.2. The van der Waals surface area contributed by atoms with Gasteiger partial charge in [0.25, 0.3) is 0 Å². The first kappa shape index (κ1) is 8.63. The average Bonchev–Trinajstić information content (AvgIpc) is 2.76. The number of ketones is 2. The fourth-order valence-corrected chi connectivity index (χ4v) is 4.37. The second-order valence-corrected chi connectivity index (χ2v) is 5.60. The van der Waals surface area contributed by atoms with Crippen LogP contribution >= 0.6 is 0 Å². The first-order valence-electron chi connectivity index (χ1n) is 5.55. The molecule has 2 heteroatoms. The molecule has 3 fully saturated rings. The quantitative estimate of drug-likeness (QED) is 0.592. The van der Waals surface area contributed by atoms with E-state index in [1.807, 2.05) is 6.92 Å². The van der Waals surface area contributed by atoms with Crippen LogP contribution in [0.1, 0.15) is 27.2 Å². The molecule has 0 aromatic carbocycles. The van der Waals surface area contributed by atoms with E-state index in [1.165, 1.54) is 6.42 Å². The molecule has 0 aromatic rings. The standard InChI is InChI=1S/C12H16O2/c1-5-9-7-4-8(7)10(5)12(3,6(2)13)11(9)14/h5,7-10H,4H2,1-3H3. The number of hydrogen-bond donors (Lipinski definition) is 0. The van der Waals surface area contributed by atoms with Gasteiger partial charge in [0.15, 0.2) is 0 Å². The van der Waals surface area contributed by atoms with Gasteiger partial charge in [0, 0.05) is 5.92 Å². The molecule has 0 N–H and O–H groups in total. The summed E-state index contributed by atoms with van der Waals surface area (Å²) in [6.45, 7) is 5.63. The van der Waals surface area contributed by atoms with Gasteiger partial charge in [-0.2, -0.15) is 0 Å². The molecular formula is C12H16O2. The highest BCUT2D eigenvalue weighted by atomic mass is 16.2. The van der Waals surface area contributed by atoms with E-state index in [0.717, 1.165) is 0 Å². The first-order chi connectivity index (χ1) is 6.49. The molecule has 0 amide bonds. The molecule has 0 aliphatic heterocycles. The summed E-state index contributed by atoms with van der Waals surface area (Å²) in [6.07, 6.45) is 1.20. The van der Waals surface area contributed by atoms with Crippen LogP contribution in [0.25, 0.3) is 0 Å². The molecule has 3 saturated carbocycles. The lowest BCUT2D eigenvalue weighted by Crippen LogP contribution is -2.41. The van der Waals surface area contributed by atoms with Gasteiger partial charge in [-0.1, -0.05) is 6.92 Å². The third kappa shape index (κ3) is 0.645. The van der Waals surface area contributed by atoms with Crippen molar-refractivity contribution >= 4 is 11.6 Å². The van der Waals surface area contributed by atoms with Crippen molar-refractivity contribution in [3.8, 4) is 0 Å². The minimum absolute atomic E-state index is 0.0900. The number of hydrogen-bond acceptors (Lipinski definition) is 2. The molecule has 0 aromatic heterocycles. The predicted octanol–water partition coefficient (Wildman–Crippen LogP) is 1.68. The Hall–Kier alpha value is -0.660. The van der Waals surface area contributed by atoms with Gasteiger partial charge in [-0.25, -0.2) is 0 Å². The van der Waals surface area contributed by atoms with E-state index in [1.54, 1.807) is 6.92 Å². The summed E-state index contributed by atoms with van der Waals surface area (Å²) in [6, 6.07) is 0. The average molecular weight is 192 g/mol. The summed E-state index contributed by atoms with van der Waals surface area (Å²) < 4.78 is 0. The number of carbonyl (C=O) groups excluding carboxylic acids is 2. The highest BCUT2D eigenvalue weighted by Gasteiger charge is 2.74. The van der Waals surface area contributed by atoms with Gasteiger partial charge in [-0.05, 0) is 43.9 Å². The van der Waals surface area contributed by atoms with Crippen LogP contribution in [0, 0.1) is 35.0 Å². The monoisotopic (exact) mass is 192 g/mol. The Balaban J connectivity index is 2.11. The molecule has 0 saturated heterocycles. The van der Waals surface area contributed by atoms with Gasteiger partial charge in [0.05, 0.1) is 5.41 Å². The summed E-state index contributed by atoms with van der Waals surface area (Å²) in [5.74, 6) is 2.73. The SMILES string of the molecule is CC(=O)C1(C)C(=O)C2C(C)C1C1CC12. The zero-order valence-electron chi connectivity index (χ0n) is 8.91.